The fourth-order valence-corrected chi connectivity index (χ4v) is 2.52. The number of hydrogen-bond donors (Lipinski definition) is 0. The van der Waals surface area contributed by atoms with Gasteiger partial charge in [-0.2, -0.15) is 0 Å². The van der Waals surface area contributed by atoms with Crippen LogP contribution in [0.1, 0.15) is 27.7 Å². The van der Waals surface area contributed by atoms with Gasteiger partial charge in [0.15, 0.2) is 0 Å². The van der Waals surface area contributed by atoms with Crippen molar-refractivity contribution in [1.82, 2.24) is 0 Å². The second kappa shape index (κ2) is 5.48. The minimum absolute atomic E-state index is 0.00502. The summed E-state index contributed by atoms with van der Waals surface area (Å²) < 4.78 is 0. The van der Waals surface area contributed by atoms with E-state index in [1.165, 1.54) is 0 Å². The standard InChI is InChI=1S/C13H16Cl2S/c1-9(12(15)13(2,3)4)16-11-7-5-10(14)6-8-11/h5-8H,1-4H3/b12-9-. The number of thioether (sulfide) groups is 1. The summed E-state index contributed by atoms with van der Waals surface area (Å²) in [4.78, 5) is 2.29. The van der Waals surface area contributed by atoms with Gasteiger partial charge in [-0.25, -0.2) is 0 Å². The molecule has 0 radical (unpaired) electrons. The lowest BCUT2D eigenvalue weighted by Gasteiger charge is -2.19. The second-order valence-corrected chi connectivity index (χ2v) is 6.78. The van der Waals surface area contributed by atoms with Gasteiger partial charge in [0.05, 0.1) is 0 Å². The molecular formula is C13H16Cl2S. The van der Waals surface area contributed by atoms with E-state index in [1.807, 2.05) is 31.2 Å². The largest absolute Gasteiger partial charge is 0.0936 e. The Kier molecular flexibility index (Phi) is 4.78. The molecular weight excluding hydrogens is 259 g/mol. The molecule has 0 atom stereocenters. The highest BCUT2D eigenvalue weighted by Gasteiger charge is 2.17. The highest BCUT2D eigenvalue weighted by Crippen LogP contribution is 2.38. The van der Waals surface area contributed by atoms with Crippen LogP contribution < -0.4 is 0 Å². The highest BCUT2D eigenvalue weighted by atomic mass is 35.5. The highest BCUT2D eigenvalue weighted by molar-refractivity contribution is 8.03. The van der Waals surface area contributed by atoms with Crippen molar-refractivity contribution in [3.05, 3.63) is 39.2 Å². The smallest absolute Gasteiger partial charge is 0.0406 e. The van der Waals surface area contributed by atoms with E-state index in [2.05, 4.69) is 20.8 Å². The molecule has 0 bridgehead atoms. The van der Waals surface area contributed by atoms with Crippen LogP contribution in [0.3, 0.4) is 0 Å². The first-order chi connectivity index (χ1) is 7.30. The van der Waals surface area contributed by atoms with Gasteiger partial charge in [0.25, 0.3) is 0 Å². The third kappa shape index (κ3) is 4.04. The average Bonchev–Trinajstić information content (AvgIpc) is 2.19. The molecule has 3 heteroatoms. The lowest BCUT2D eigenvalue weighted by molar-refractivity contribution is 0.529. The Balaban J connectivity index is 2.86. The van der Waals surface area contributed by atoms with Gasteiger partial charge < -0.3 is 0 Å². The van der Waals surface area contributed by atoms with Crippen molar-refractivity contribution in [2.75, 3.05) is 0 Å². The maximum absolute atomic E-state index is 6.32. The third-order valence-electron chi connectivity index (χ3n) is 2.05. The van der Waals surface area contributed by atoms with E-state index in [0.717, 1.165) is 19.9 Å². The van der Waals surface area contributed by atoms with Crippen molar-refractivity contribution >= 4 is 35.0 Å². The summed E-state index contributed by atoms with van der Waals surface area (Å²) in [6, 6.07) is 7.79. The number of allylic oxidation sites excluding steroid dienone is 2. The summed E-state index contributed by atoms with van der Waals surface area (Å²) >= 11 is 13.8. The summed E-state index contributed by atoms with van der Waals surface area (Å²) in [5.41, 5.74) is 0.00502. The summed E-state index contributed by atoms with van der Waals surface area (Å²) in [6.45, 7) is 8.39. The van der Waals surface area contributed by atoms with Gasteiger partial charge in [-0.05, 0) is 36.6 Å². The zero-order chi connectivity index (χ0) is 12.3. The molecule has 1 aromatic rings. The van der Waals surface area contributed by atoms with E-state index in [1.54, 1.807) is 11.8 Å². The van der Waals surface area contributed by atoms with Crippen LogP contribution in [0, 0.1) is 5.41 Å². The fraction of sp³-hybridized carbons (Fsp3) is 0.385. The van der Waals surface area contributed by atoms with Crippen molar-refractivity contribution in [3.63, 3.8) is 0 Å². The van der Waals surface area contributed by atoms with Crippen molar-refractivity contribution in [2.45, 2.75) is 32.6 Å². The Morgan fingerprint density at radius 1 is 1.12 bits per heavy atom. The van der Waals surface area contributed by atoms with Gasteiger partial charge in [-0.3, -0.25) is 0 Å². The average molecular weight is 275 g/mol. The topological polar surface area (TPSA) is 0 Å². The normalized spacial score (nSPS) is 13.6. The molecule has 1 aromatic carbocycles. The SMILES string of the molecule is C/C(Sc1ccc(Cl)cc1)=C(/Cl)C(C)(C)C. The minimum atomic E-state index is 0.00502. The first-order valence-corrected chi connectivity index (χ1v) is 6.68. The Morgan fingerprint density at radius 3 is 2.06 bits per heavy atom. The fourth-order valence-electron chi connectivity index (χ4n) is 1.25. The molecule has 0 spiro atoms. The van der Waals surface area contributed by atoms with Gasteiger partial charge >= 0.3 is 0 Å². The van der Waals surface area contributed by atoms with Crippen molar-refractivity contribution in [2.24, 2.45) is 5.41 Å². The molecule has 0 saturated heterocycles. The second-order valence-electron chi connectivity index (χ2n) is 4.68. The predicted octanol–water partition coefficient (Wildman–Crippen LogP) is 5.95. The number of hydrogen-bond acceptors (Lipinski definition) is 1. The van der Waals surface area contributed by atoms with Crippen molar-refractivity contribution < 1.29 is 0 Å². The molecule has 16 heavy (non-hydrogen) atoms. The summed E-state index contributed by atoms with van der Waals surface area (Å²) in [6.07, 6.45) is 0. The van der Waals surface area contributed by atoms with Crippen LogP contribution >= 0.6 is 35.0 Å². The number of benzene rings is 1. The quantitative estimate of drug-likeness (QED) is 0.601. The Hall–Kier alpha value is -0.110. The summed E-state index contributed by atoms with van der Waals surface area (Å²) in [7, 11) is 0. The molecule has 0 nitrogen and oxygen atoms in total. The summed E-state index contributed by atoms with van der Waals surface area (Å²) in [5.74, 6) is 0. The number of rotatable bonds is 2. The van der Waals surface area contributed by atoms with Crippen molar-refractivity contribution in [1.29, 1.82) is 0 Å². The Morgan fingerprint density at radius 2 is 1.62 bits per heavy atom. The lowest BCUT2D eigenvalue weighted by Crippen LogP contribution is -2.05. The van der Waals surface area contributed by atoms with E-state index >= 15 is 0 Å². The number of halogens is 2. The molecule has 1 rings (SSSR count). The van der Waals surface area contributed by atoms with E-state index in [4.69, 9.17) is 23.2 Å². The predicted molar refractivity (Wildman–Crippen MR) is 75.3 cm³/mol. The molecule has 0 amide bonds. The zero-order valence-corrected chi connectivity index (χ0v) is 12.3. The van der Waals surface area contributed by atoms with Gasteiger partial charge in [-0.15, -0.1) is 0 Å². The molecule has 0 heterocycles. The molecule has 0 aliphatic rings. The van der Waals surface area contributed by atoms with E-state index < -0.39 is 0 Å². The third-order valence-corrected chi connectivity index (χ3v) is 4.28. The molecule has 0 fully saturated rings. The van der Waals surface area contributed by atoms with Gasteiger partial charge in [-0.1, -0.05) is 55.7 Å². The summed E-state index contributed by atoms with van der Waals surface area (Å²) in [5, 5.41) is 1.67. The molecule has 0 aliphatic heterocycles. The van der Waals surface area contributed by atoms with Crippen molar-refractivity contribution in [3.8, 4) is 0 Å². The van der Waals surface area contributed by atoms with Crippen LogP contribution in [0.4, 0.5) is 0 Å². The molecule has 0 aliphatic carbocycles. The maximum Gasteiger partial charge on any atom is 0.0406 e. The van der Waals surface area contributed by atoms with E-state index in [9.17, 15) is 0 Å². The molecule has 0 aromatic heterocycles. The molecule has 0 unspecified atom stereocenters. The van der Waals surface area contributed by atoms with Crippen LogP contribution in [0.5, 0.6) is 0 Å². The molecule has 88 valence electrons. The lowest BCUT2D eigenvalue weighted by atomic mass is 9.96. The van der Waals surface area contributed by atoms with Crippen LogP contribution in [-0.2, 0) is 0 Å². The first-order valence-electron chi connectivity index (χ1n) is 5.11. The van der Waals surface area contributed by atoms with Gasteiger partial charge in [0, 0.05) is 19.9 Å². The van der Waals surface area contributed by atoms with Crippen LogP contribution in [-0.4, -0.2) is 0 Å². The monoisotopic (exact) mass is 274 g/mol. The minimum Gasteiger partial charge on any atom is -0.0936 e. The molecule has 0 N–H and O–H groups in total. The van der Waals surface area contributed by atoms with E-state index in [-0.39, 0.29) is 5.41 Å². The van der Waals surface area contributed by atoms with Gasteiger partial charge in [0.1, 0.15) is 0 Å². The van der Waals surface area contributed by atoms with Gasteiger partial charge in [0.2, 0.25) is 0 Å². The van der Waals surface area contributed by atoms with Crippen LogP contribution in [0.25, 0.3) is 0 Å². The Labute approximate surface area is 112 Å². The van der Waals surface area contributed by atoms with E-state index in [0.29, 0.717) is 0 Å². The zero-order valence-electron chi connectivity index (χ0n) is 9.97. The van der Waals surface area contributed by atoms with Crippen LogP contribution in [0.15, 0.2) is 39.1 Å². The maximum atomic E-state index is 6.32. The Bertz CT molecular complexity index is 385. The first kappa shape index (κ1) is 14.0. The molecule has 0 saturated carbocycles. The van der Waals surface area contributed by atoms with Crippen LogP contribution in [0.2, 0.25) is 5.02 Å².